The molecular weight excluding hydrogens is 436 g/mol. The number of rotatable bonds is 7. The molecule has 0 saturated carbocycles. The molecule has 3 aromatic carbocycles. The molecule has 0 spiro atoms. The lowest BCUT2D eigenvalue weighted by atomic mass is 9.90. The maximum Gasteiger partial charge on any atom is 0.236 e. The van der Waals surface area contributed by atoms with Crippen LogP contribution in [0.2, 0.25) is 0 Å². The molecule has 0 unspecified atom stereocenters. The van der Waals surface area contributed by atoms with E-state index in [0.29, 0.717) is 23.9 Å². The highest BCUT2D eigenvalue weighted by Crippen LogP contribution is 2.39. The first-order chi connectivity index (χ1) is 16.8. The molecule has 35 heavy (non-hydrogen) atoms. The molecule has 0 aromatic heterocycles. The van der Waals surface area contributed by atoms with E-state index < -0.39 is 11.3 Å². The lowest BCUT2D eigenvalue weighted by Gasteiger charge is -2.28. The first-order valence-electron chi connectivity index (χ1n) is 12.3. The zero-order valence-electron chi connectivity index (χ0n) is 21.0. The van der Waals surface area contributed by atoms with Crippen molar-refractivity contribution in [3.63, 3.8) is 0 Å². The van der Waals surface area contributed by atoms with E-state index in [4.69, 9.17) is 4.74 Å². The minimum Gasteiger partial charge on any atom is -0.490 e. The van der Waals surface area contributed by atoms with Crippen LogP contribution in [-0.2, 0) is 9.59 Å². The fourth-order valence-corrected chi connectivity index (χ4v) is 4.34. The quantitative estimate of drug-likeness (QED) is 0.444. The van der Waals surface area contributed by atoms with E-state index in [1.54, 1.807) is 0 Å². The van der Waals surface area contributed by atoms with Crippen LogP contribution in [0.4, 0.5) is 11.4 Å². The van der Waals surface area contributed by atoms with Crippen molar-refractivity contribution in [3.8, 4) is 5.75 Å². The minimum absolute atomic E-state index is 0.0573. The van der Waals surface area contributed by atoms with E-state index in [1.807, 2.05) is 97.6 Å². The van der Waals surface area contributed by atoms with Gasteiger partial charge in [0.1, 0.15) is 12.4 Å². The van der Waals surface area contributed by atoms with Gasteiger partial charge in [-0.15, -0.1) is 0 Å². The first-order valence-corrected chi connectivity index (χ1v) is 12.3. The van der Waals surface area contributed by atoms with E-state index in [2.05, 4.69) is 19.2 Å². The maximum atomic E-state index is 13.5. The summed E-state index contributed by atoms with van der Waals surface area (Å²) < 4.78 is 6.11. The number of benzene rings is 3. The Morgan fingerprint density at radius 2 is 1.57 bits per heavy atom. The molecule has 0 bridgehead atoms. The van der Waals surface area contributed by atoms with Crippen LogP contribution < -0.4 is 15.0 Å². The Labute approximate surface area is 208 Å². The lowest BCUT2D eigenvalue weighted by molar-refractivity contribution is -0.127. The third kappa shape index (κ3) is 5.56. The Kier molecular flexibility index (Phi) is 7.25. The third-order valence-electron chi connectivity index (χ3n) is 6.39. The maximum absolute atomic E-state index is 13.5. The minimum atomic E-state index is -0.634. The van der Waals surface area contributed by atoms with Crippen molar-refractivity contribution in [1.29, 1.82) is 0 Å². The SMILES string of the molecule is CC(C)CCN1C(=O)C(C)(C)COc2cc(NC(=O)C(c3ccccc3)c3ccccc3)ccc21. The molecule has 0 atom stereocenters. The molecule has 3 aromatic rings. The van der Waals surface area contributed by atoms with E-state index >= 15 is 0 Å². The molecule has 5 heteroatoms. The monoisotopic (exact) mass is 470 g/mol. The number of ether oxygens (including phenoxy) is 1. The van der Waals surface area contributed by atoms with Gasteiger partial charge in [-0.1, -0.05) is 74.5 Å². The number of amides is 2. The van der Waals surface area contributed by atoms with E-state index in [0.717, 1.165) is 23.2 Å². The largest absolute Gasteiger partial charge is 0.490 e. The third-order valence-corrected chi connectivity index (χ3v) is 6.39. The van der Waals surface area contributed by atoms with Gasteiger partial charge in [-0.25, -0.2) is 0 Å². The average molecular weight is 471 g/mol. The van der Waals surface area contributed by atoms with Crippen molar-refractivity contribution in [3.05, 3.63) is 90.0 Å². The summed E-state index contributed by atoms with van der Waals surface area (Å²) in [6, 6.07) is 25.1. The number of fused-ring (bicyclic) bond motifs is 1. The van der Waals surface area contributed by atoms with Crippen LogP contribution in [0, 0.1) is 11.3 Å². The standard InChI is InChI=1S/C30H34N2O3/c1-21(2)17-18-32-25-16-15-24(19-26(25)35-20-30(3,4)29(32)34)31-28(33)27(22-11-7-5-8-12-22)23-13-9-6-10-14-23/h5-16,19,21,27H,17-18,20H2,1-4H3,(H,31,33). The molecule has 5 nitrogen and oxygen atoms in total. The second-order valence-electron chi connectivity index (χ2n) is 10.2. The number of hydrogen-bond donors (Lipinski definition) is 1. The van der Waals surface area contributed by atoms with Gasteiger partial charge in [0.2, 0.25) is 11.8 Å². The van der Waals surface area contributed by atoms with Crippen LogP contribution in [0.1, 0.15) is 51.2 Å². The van der Waals surface area contributed by atoms with Gasteiger partial charge >= 0.3 is 0 Å². The van der Waals surface area contributed by atoms with Crippen LogP contribution in [0.25, 0.3) is 0 Å². The lowest BCUT2D eigenvalue weighted by Crippen LogP contribution is -2.42. The molecule has 0 fully saturated rings. The van der Waals surface area contributed by atoms with Crippen molar-refractivity contribution in [1.82, 2.24) is 0 Å². The number of nitrogens with one attached hydrogen (secondary N) is 1. The van der Waals surface area contributed by atoms with Crippen molar-refractivity contribution in [2.24, 2.45) is 11.3 Å². The second kappa shape index (κ2) is 10.3. The summed E-state index contributed by atoms with van der Waals surface area (Å²) in [6.07, 6.45) is 0.898. The summed E-state index contributed by atoms with van der Waals surface area (Å²) in [6.45, 7) is 9.04. The zero-order valence-corrected chi connectivity index (χ0v) is 21.0. The number of nitrogens with zero attached hydrogens (tertiary/aromatic N) is 1. The predicted molar refractivity (Wildman–Crippen MR) is 141 cm³/mol. The van der Waals surface area contributed by atoms with Crippen LogP contribution in [-0.4, -0.2) is 25.0 Å². The molecule has 0 saturated heterocycles. The van der Waals surface area contributed by atoms with E-state index in [-0.39, 0.29) is 18.4 Å². The van der Waals surface area contributed by atoms with Crippen LogP contribution >= 0.6 is 0 Å². The number of anilines is 2. The van der Waals surface area contributed by atoms with Crippen molar-refractivity contribution in [2.45, 2.75) is 40.0 Å². The van der Waals surface area contributed by atoms with Gasteiger partial charge in [0.05, 0.1) is 17.0 Å². The van der Waals surface area contributed by atoms with Gasteiger partial charge in [0.25, 0.3) is 0 Å². The Morgan fingerprint density at radius 1 is 0.971 bits per heavy atom. The second-order valence-corrected chi connectivity index (χ2v) is 10.2. The van der Waals surface area contributed by atoms with Gasteiger partial charge in [0, 0.05) is 18.3 Å². The van der Waals surface area contributed by atoms with Gasteiger partial charge in [0.15, 0.2) is 0 Å². The Morgan fingerprint density at radius 3 is 2.14 bits per heavy atom. The summed E-state index contributed by atoms with van der Waals surface area (Å²) in [5.41, 5.74) is 2.61. The highest BCUT2D eigenvalue weighted by Gasteiger charge is 2.37. The highest BCUT2D eigenvalue weighted by molar-refractivity contribution is 6.01. The molecule has 0 aliphatic carbocycles. The fourth-order valence-electron chi connectivity index (χ4n) is 4.34. The van der Waals surface area contributed by atoms with Gasteiger partial charge in [-0.3, -0.25) is 9.59 Å². The molecule has 2 amide bonds. The normalized spacial score (nSPS) is 14.9. The van der Waals surface area contributed by atoms with Gasteiger partial charge in [-0.2, -0.15) is 0 Å². The summed E-state index contributed by atoms with van der Waals surface area (Å²) >= 11 is 0. The summed E-state index contributed by atoms with van der Waals surface area (Å²) in [4.78, 5) is 28.7. The summed E-state index contributed by atoms with van der Waals surface area (Å²) in [5.74, 6) is 0.581. The molecule has 0 radical (unpaired) electrons. The van der Waals surface area contributed by atoms with Crippen molar-refractivity contribution >= 4 is 23.2 Å². The Hall–Kier alpha value is -3.60. The van der Waals surface area contributed by atoms with Gasteiger partial charge in [-0.05, 0) is 49.4 Å². The van der Waals surface area contributed by atoms with Crippen LogP contribution in [0.15, 0.2) is 78.9 Å². The number of hydrogen-bond acceptors (Lipinski definition) is 3. The molecule has 1 aliphatic rings. The van der Waals surface area contributed by atoms with Crippen LogP contribution in [0.3, 0.4) is 0 Å². The fraction of sp³-hybridized carbons (Fsp3) is 0.333. The average Bonchev–Trinajstić information content (AvgIpc) is 2.93. The number of carbonyl (C=O) groups is 2. The predicted octanol–water partition coefficient (Wildman–Crippen LogP) is 6.25. The Bertz CT molecular complexity index is 1130. The molecule has 1 heterocycles. The first kappa shape index (κ1) is 24.5. The van der Waals surface area contributed by atoms with E-state index in [1.165, 1.54) is 0 Å². The molecular formula is C30H34N2O3. The molecule has 1 aliphatic heterocycles. The van der Waals surface area contributed by atoms with Crippen molar-refractivity contribution in [2.75, 3.05) is 23.4 Å². The van der Waals surface area contributed by atoms with Crippen LogP contribution in [0.5, 0.6) is 5.75 Å². The van der Waals surface area contributed by atoms with Gasteiger partial charge < -0.3 is 15.0 Å². The highest BCUT2D eigenvalue weighted by atomic mass is 16.5. The smallest absolute Gasteiger partial charge is 0.236 e. The summed E-state index contributed by atoms with van der Waals surface area (Å²) in [5, 5.41) is 3.08. The Balaban J connectivity index is 1.64. The van der Waals surface area contributed by atoms with E-state index in [9.17, 15) is 9.59 Å². The molecule has 4 rings (SSSR count). The topological polar surface area (TPSA) is 58.6 Å². The molecule has 1 N–H and O–H groups in total. The number of carbonyl (C=O) groups excluding carboxylic acids is 2. The van der Waals surface area contributed by atoms with Crippen molar-refractivity contribution < 1.29 is 14.3 Å². The summed E-state index contributed by atoms with van der Waals surface area (Å²) in [7, 11) is 0. The zero-order chi connectivity index (χ0) is 25.0. The molecule has 182 valence electrons.